The van der Waals surface area contributed by atoms with Gasteiger partial charge in [-0.2, -0.15) is 0 Å². The minimum absolute atomic E-state index is 0.183. The fraction of sp³-hybridized carbons (Fsp3) is 0.526. The number of aromatic nitrogens is 1. The Kier molecular flexibility index (Phi) is 3.45. The highest BCUT2D eigenvalue weighted by Gasteiger charge is 2.56. The van der Waals surface area contributed by atoms with E-state index >= 15 is 0 Å². The van der Waals surface area contributed by atoms with Gasteiger partial charge in [0.05, 0.1) is 6.54 Å². The minimum Gasteiger partial charge on any atom is -0.357 e. The van der Waals surface area contributed by atoms with Crippen LogP contribution in [0.25, 0.3) is 10.9 Å². The van der Waals surface area contributed by atoms with Gasteiger partial charge in [-0.3, -0.25) is 4.79 Å². The lowest BCUT2D eigenvalue weighted by molar-refractivity contribution is -0.144. The average molecular weight is 331 g/mol. The average Bonchev–Trinajstić information content (AvgIpc) is 2.79. The molecule has 2 bridgehead atoms. The van der Waals surface area contributed by atoms with Crippen LogP contribution in [-0.2, 0) is 11.3 Å². The number of carbonyl (C=O) groups is 1. The van der Waals surface area contributed by atoms with E-state index in [1.54, 1.807) is 0 Å². The summed E-state index contributed by atoms with van der Waals surface area (Å²) in [6.07, 6.45) is 4.50. The SMILES string of the molecule is CC(C)c1cc2[nH]c(CNC(=O)CC34CC(C3)C4)cc2cc1Cl. The summed E-state index contributed by atoms with van der Waals surface area (Å²) in [4.78, 5) is 15.5. The molecular formula is C19H23ClN2O. The molecule has 0 spiro atoms. The van der Waals surface area contributed by atoms with Crippen LogP contribution in [0.1, 0.15) is 56.7 Å². The quantitative estimate of drug-likeness (QED) is 0.816. The number of rotatable bonds is 5. The summed E-state index contributed by atoms with van der Waals surface area (Å²) in [5, 5.41) is 4.97. The van der Waals surface area contributed by atoms with Gasteiger partial charge < -0.3 is 10.3 Å². The van der Waals surface area contributed by atoms with Gasteiger partial charge in [-0.05, 0) is 60.3 Å². The van der Waals surface area contributed by atoms with E-state index in [2.05, 4.69) is 36.3 Å². The van der Waals surface area contributed by atoms with Crippen LogP contribution in [-0.4, -0.2) is 10.9 Å². The largest absolute Gasteiger partial charge is 0.357 e. The van der Waals surface area contributed by atoms with Gasteiger partial charge in [-0.25, -0.2) is 0 Å². The Morgan fingerprint density at radius 2 is 2.09 bits per heavy atom. The van der Waals surface area contributed by atoms with Crippen LogP contribution < -0.4 is 5.32 Å². The maximum atomic E-state index is 12.1. The second kappa shape index (κ2) is 5.27. The molecule has 1 aromatic carbocycles. The first-order valence-corrected chi connectivity index (χ1v) is 8.90. The number of aromatic amines is 1. The number of carbonyl (C=O) groups excluding carboxylic acids is 1. The number of fused-ring (bicyclic) bond motifs is 1. The molecule has 0 aliphatic heterocycles. The Hall–Kier alpha value is -1.48. The molecule has 3 fully saturated rings. The van der Waals surface area contributed by atoms with E-state index in [0.717, 1.165) is 33.1 Å². The number of nitrogens with one attached hydrogen (secondary N) is 2. The van der Waals surface area contributed by atoms with Crippen LogP contribution in [0.4, 0.5) is 0 Å². The number of benzene rings is 1. The first-order valence-electron chi connectivity index (χ1n) is 8.52. The van der Waals surface area contributed by atoms with E-state index in [4.69, 9.17) is 11.6 Å². The molecule has 3 nitrogen and oxygen atoms in total. The molecule has 2 N–H and O–H groups in total. The molecule has 0 radical (unpaired) electrons. The molecule has 122 valence electrons. The maximum absolute atomic E-state index is 12.1. The Morgan fingerprint density at radius 1 is 1.35 bits per heavy atom. The zero-order valence-electron chi connectivity index (χ0n) is 13.7. The molecule has 23 heavy (non-hydrogen) atoms. The number of amides is 1. The molecule has 2 aromatic rings. The molecule has 0 atom stereocenters. The first-order chi connectivity index (χ1) is 10.9. The van der Waals surface area contributed by atoms with Gasteiger partial charge >= 0.3 is 0 Å². The number of hydrogen-bond donors (Lipinski definition) is 2. The number of hydrogen-bond acceptors (Lipinski definition) is 1. The summed E-state index contributed by atoms with van der Waals surface area (Å²) in [7, 11) is 0. The third-order valence-electron chi connectivity index (χ3n) is 5.59. The van der Waals surface area contributed by atoms with Gasteiger partial charge in [-0.15, -0.1) is 0 Å². The lowest BCUT2D eigenvalue weighted by Gasteiger charge is -2.61. The van der Waals surface area contributed by atoms with E-state index in [1.165, 1.54) is 19.3 Å². The molecule has 4 heteroatoms. The Labute approximate surface area is 141 Å². The highest BCUT2D eigenvalue weighted by molar-refractivity contribution is 6.32. The van der Waals surface area contributed by atoms with Gasteiger partial charge in [-0.1, -0.05) is 25.4 Å². The van der Waals surface area contributed by atoms with Gasteiger partial charge in [0.2, 0.25) is 5.91 Å². The van der Waals surface area contributed by atoms with Crippen LogP contribution >= 0.6 is 11.6 Å². The van der Waals surface area contributed by atoms with Crippen molar-refractivity contribution in [3.05, 3.63) is 34.5 Å². The molecule has 3 aliphatic rings. The second-order valence-corrected chi connectivity index (χ2v) is 8.25. The number of halogens is 1. The molecule has 1 heterocycles. The molecule has 1 amide bonds. The second-order valence-electron chi connectivity index (χ2n) is 7.84. The third kappa shape index (κ3) is 2.65. The predicted molar refractivity (Wildman–Crippen MR) is 93.6 cm³/mol. The van der Waals surface area contributed by atoms with Crippen LogP contribution in [0.2, 0.25) is 5.02 Å². The van der Waals surface area contributed by atoms with E-state index in [1.807, 2.05) is 6.07 Å². The monoisotopic (exact) mass is 330 g/mol. The molecule has 5 rings (SSSR count). The van der Waals surface area contributed by atoms with E-state index in [0.29, 0.717) is 24.3 Å². The van der Waals surface area contributed by atoms with Crippen molar-refractivity contribution in [2.45, 2.75) is 52.0 Å². The summed E-state index contributed by atoms with van der Waals surface area (Å²) in [6.45, 7) is 4.84. The third-order valence-corrected chi connectivity index (χ3v) is 5.92. The summed E-state index contributed by atoms with van der Waals surface area (Å²) in [5.74, 6) is 1.51. The van der Waals surface area contributed by atoms with Gasteiger partial charge in [0.25, 0.3) is 0 Å². The highest BCUT2D eigenvalue weighted by Crippen LogP contribution is 2.66. The van der Waals surface area contributed by atoms with Crippen LogP contribution in [0, 0.1) is 11.3 Å². The molecule has 1 aromatic heterocycles. The van der Waals surface area contributed by atoms with Gasteiger partial charge in [0.1, 0.15) is 0 Å². The maximum Gasteiger partial charge on any atom is 0.220 e. The van der Waals surface area contributed by atoms with Crippen molar-refractivity contribution in [1.82, 2.24) is 10.3 Å². The van der Waals surface area contributed by atoms with Crippen molar-refractivity contribution in [1.29, 1.82) is 0 Å². The molecule has 0 unspecified atom stereocenters. The van der Waals surface area contributed by atoms with Crippen LogP contribution in [0.15, 0.2) is 18.2 Å². The Bertz CT molecular complexity index is 760. The fourth-order valence-electron chi connectivity index (χ4n) is 4.24. The van der Waals surface area contributed by atoms with Crippen molar-refractivity contribution in [3.63, 3.8) is 0 Å². The van der Waals surface area contributed by atoms with Crippen molar-refractivity contribution in [3.8, 4) is 0 Å². The molecular weight excluding hydrogens is 308 g/mol. The van der Waals surface area contributed by atoms with E-state index in [-0.39, 0.29) is 5.91 Å². The summed E-state index contributed by atoms with van der Waals surface area (Å²) in [5.41, 5.74) is 3.64. The van der Waals surface area contributed by atoms with Crippen molar-refractivity contribution >= 4 is 28.4 Å². The molecule has 0 saturated heterocycles. The normalized spacial score (nSPS) is 25.3. The predicted octanol–water partition coefficient (Wildman–Crippen LogP) is 4.75. The van der Waals surface area contributed by atoms with Gasteiger partial charge in [0.15, 0.2) is 0 Å². The zero-order valence-corrected chi connectivity index (χ0v) is 14.5. The van der Waals surface area contributed by atoms with Crippen molar-refractivity contribution < 1.29 is 4.79 Å². The topological polar surface area (TPSA) is 44.9 Å². The van der Waals surface area contributed by atoms with E-state index < -0.39 is 0 Å². The standard InChI is InChI=1S/C19H23ClN2O/c1-11(2)15-5-17-13(4-16(15)20)3-14(22-17)10-21-18(23)9-19-6-12(7-19)8-19/h3-5,11-12,22H,6-10H2,1-2H3,(H,21,23). The minimum atomic E-state index is 0.183. The smallest absolute Gasteiger partial charge is 0.220 e. The summed E-state index contributed by atoms with van der Waals surface area (Å²) < 4.78 is 0. The first kappa shape index (κ1) is 15.1. The Balaban J connectivity index is 1.43. The zero-order chi connectivity index (χ0) is 16.2. The van der Waals surface area contributed by atoms with E-state index in [9.17, 15) is 4.79 Å². The summed E-state index contributed by atoms with van der Waals surface area (Å²) in [6, 6.07) is 6.21. The van der Waals surface area contributed by atoms with Crippen molar-refractivity contribution in [2.24, 2.45) is 11.3 Å². The molecule has 3 saturated carbocycles. The molecule has 3 aliphatic carbocycles. The van der Waals surface area contributed by atoms with Gasteiger partial charge in [0, 0.05) is 28.0 Å². The number of H-pyrrole nitrogens is 1. The fourth-order valence-corrected chi connectivity index (χ4v) is 4.63. The van der Waals surface area contributed by atoms with Crippen LogP contribution in [0.5, 0.6) is 0 Å². The van der Waals surface area contributed by atoms with Crippen LogP contribution in [0.3, 0.4) is 0 Å². The summed E-state index contributed by atoms with van der Waals surface area (Å²) >= 11 is 6.35. The lowest BCUT2D eigenvalue weighted by atomic mass is 9.43. The van der Waals surface area contributed by atoms with Crippen molar-refractivity contribution in [2.75, 3.05) is 0 Å². The Morgan fingerprint density at radius 3 is 2.70 bits per heavy atom. The lowest BCUT2D eigenvalue weighted by Crippen LogP contribution is -2.53. The highest BCUT2D eigenvalue weighted by atomic mass is 35.5.